The molecule has 0 radical (unpaired) electrons. The molecule has 1 heterocycles. The van der Waals surface area contributed by atoms with Crippen LogP contribution in [0, 0.1) is 19.7 Å². The second-order valence-corrected chi connectivity index (χ2v) is 3.83. The number of hydrogen-bond donors (Lipinski definition) is 1. The first kappa shape index (κ1) is 10.6. The first-order valence-electron chi connectivity index (χ1n) is 5.07. The zero-order valence-electron chi connectivity index (χ0n) is 9.29. The van der Waals surface area contributed by atoms with E-state index in [1.165, 1.54) is 6.07 Å². The number of rotatable bonds is 1. The molecule has 0 saturated carbocycles. The van der Waals surface area contributed by atoms with Crippen molar-refractivity contribution in [2.75, 3.05) is 5.73 Å². The maximum Gasteiger partial charge on any atom is 0.126 e. The van der Waals surface area contributed by atoms with Gasteiger partial charge in [-0.05, 0) is 49.2 Å². The lowest BCUT2D eigenvalue weighted by Crippen LogP contribution is -1.94. The van der Waals surface area contributed by atoms with Gasteiger partial charge in [0, 0.05) is 11.3 Å². The maximum absolute atomic E-state index is 13.1. The fourth-order valence-corrected chi connectivity index (χ4v) is 1.70. The Morgan fingerprint density at radius 3 is 2.50 bits per heavy atom. The number of nitrogens with zero attached hydrogens (tertiary/aromatic N) is 1. The summed E-state index contributed by atoms with van der Waals surface area (Å²) in [5, 5.41) is 0. The van der Waals surface area contributed by atoms with Crippen molar-refractivity contribution in [3.05, 3.63) is 47.4 Å². The highest BCUT2D eigenvalue weighted by molar-refractivity contribution is 5.67. The molecule has 0 aliphatic rings. The van der Waals surface area contributed by atoms with E-state index >= 15 is 0 Å². The zero-order chi connectivity index (χ0) is 11.7. The Bertz CT molecular complexity index is 535. The fourth-order valence-electron chi connectivity index (χ4n) is 1.70. The Hall–Kier alpha value is -1.90. The molecule has 3 heteroatoms. The van der Waals surface area contributed by atoms with Gasteiger partial charge in [0.15, 0.2) is 0 Å². The van der Waals surface area contributed by atoms with Crippen LogP contribution in [0.2, 0.25) is 0 Å². The van der Waals surface area contributed by atoms with Gasteiger partial charge in [-0.3, -0.25) is 0 Å². The third kappa shape index (κ3) is 1.89. The predicted molar refractivity (Wildman–Crippen MR) is 63.5 cm³/mol. The van der Waals surface area contributed by atoms with E-state index in [4.69, 9.17) is 5.73 Å². The van der Waals surface area contributed by atoms with Crippen LogP contribution in [0.5, 0.6) is 0 Å². The highest BCUT2D eigenvalue weighted by Crippen LogP contribution is 2.24. The smallest absolute Gasteiger partial charge is 0.126 e. The van der Waals surface area contributed by atoms with E-state index in [-0.39, 0.29) is 5.82 Å². The molecule has 0 fully saturated rings. The van der Waals surface area contributed by atoms with Gasteiger partial charge < -0.3 is 5.73 Å². The van der Waals surface area contributed by atoms with Crippen molar-refractivity contribution in [2.24, 2.45) is 0 Å². The van der Waals surface area contributed by atoms with E-state index in [2.05, 4.69) is 4.98 Å². The lowest BCUT2D eigenvalue weighted by molar-refractivity contribution is 0.619. The number of benzene rings is 1. The van der Waals surface area contributed by atoms with Crippen molar-refractivity contribution in [3.8, 4) is 11.1 Å². The molecular formula is C13H13FN2. The van der Waals surface area contributed by atoms with Gasteiger partial charge in [0.25, 0.3) is 0 Å². The van der Waals surface area contributed by atoms with Crippen molar-refractivity contribution >= 4 is 5.82 Å². The molecule has 1 aromatic heterocycles. The third-order valence-corrected chi connectivity index (χ3v) is 2.58. The van der Waals surface area contributed by atoms with Crippen molar-refractivity contribution in [3.63, 3.8) is 0 Å². The largest absolute Gasteiger partial charge is 0.384 e. The number of nitrogen functional groups attached to an aromatic ring is 1. The van der Waals surface area contributed by atoms with E-state index in [0.29, 0.717) is 11.4 Å². The summed E-state index contributed by atoms with van der Waals surface area (Å²) in [4.78, 5) is 4.19. The highest BCUT2D eigenvalue weighted by Gasteiger charge is 2.05. The molecule has 2 aromatic rings. The number of nitrogens with two attached hydrogens (primary N) is 1. The van der Waals surface area contributed by atoms with Gasteiger partial charge in [-0.15, -0.1) is 0 Å². The van der Waals surface area contributed by atoms with Crippen LogP contribution in [-0.2, 0) is 0 Å². The number of halogens is 1. The molecule has 0 aliphatic heterocycles. The minimum atomic E-state index is -0.190. The van der Waals surface area contributed by atoms with Crippen molar-refractivity contribution < 1.29 is 4.39 Å². The molecule has 0 bridgehead atoms. The van der Waals surface area contributed by atoms with Crippen LogP contribution >= 0.6 is 0 Å². The van der Waals surface area contributed by atoms with Crippen molar-refractivity contribution in [2.45, 2.75) is 13.8 Å². The van der Waals surface area contributed by atoms with Gasteiger partial charge in [0.2, 0.25) is 0 Å². The second-order valence-electron chi connectivity index (χ2n) is 3.83. The Balaban J connectivity index is 2.54. The molecule has 0 atom stereocenters. The molecule has 2 N–H and O–H groups in total. The lowest BCUT2D eigenvalue weighted by Gasteiger charge is -2.07. The highest BCUT2D eigenvalue weighted by atomic mass is 19.1. The van der Waals surface area contributed by atoms with Crippen LogP contribution in [0.1, 0.15) is 11.3 Å². The van der Waals surface area contributed by atoms with Gasteiger partial charge in [0.1, 0.15) is 11.6 Å². The summed E-state index contributed by atoms with van der Waals surface area (Å²) < 4.78 is 13.1. The molecule has 2 rings (SSSR count). The molecular weight excluding hydrogens is 203 g/mol. The Labute approximate surface area is 93.9 Å². The number of hydrogen-bond acceptors (Lipinski definition) is 2. The van der Waals surface area contributed by atoms with Crippen LogP contribution in [0.25, 0.3) is 11.1 Å². The van der Waals surface area contributed by atoms with Gasteiger partial charge in [-0.2, -0.15) is 0 Å². The standard InChI is InChI=1S/C13H13FN2/c1-8-7-10(3-5-12(8)14)11-4-6-13(15)16-9(11)2/h3-7H,1-2H3,(H2,15,16). The maximum atomic E-state index is 13.1. The van der Waals surface area contributed by atoms with Crippen molar-refractivity contribution in [1.29, 1.82) is 0 Å². The summed E-state index contributed by atoms with van der Waals surface area (Å²) in [5.74, 6) is 0.310. The van der Waals surface area contributed by atoms with Crippen LogP contribution in [0.3, 0.4) is 0 Å². The Kier molecular flexibility index (Phi) is 2.60. The van der Waals surface area contributed by atoms with Crippen LogP contribution in [0.15, 0.2) is 30.3 Å². The monoisotopic (exact) mass is 216 g/mol. The average Bonchev–Trinajstić information content (AvgIpc) is 2.22. The average molecular weight is 216 g/mol. The molecule has 0 spiro atoms. The molecule has 0 unspecified atom stereocenters. The minimum absolute atomic E-state index is 0.190. The number of aryl methyl sites for hydroxylation is 2. The van der Waals surface area contributed by atoms with E-state index in [9.17, 15) is 4.39 Å². The molecule has 82 valence electrons. The minimum Gasteiger partial charge on any atom is -0.384 e. The summed E-state index contributed by atoms with van der Waals surface area (Å²) in [5.41, 5.74) is 9.02. The summed E-state index contributed by atoms with van der Waals surface area (Å²) in [6, 6.07) is 8.70. The van der Waals surface area contributed by atoms with Crippen molar-refractivity contribution in [1.82, 2.24) is 4.98 Å². The van der Waals surface area contributed by atoms with Gasteiger partial charge in [-0.25, -0.2) is 9.37 Å². The summed E-state index contributed by atoms with van der Waals surface area (Å²) in [6.45, 7) is 3.64. The zero-order valence-corrected chi connectivity index (χ0v) is 9.29. The molecule has 16 heavy (non-hydrogen) atoms. The molecule has 1 aromatic carbocycles. The van der Waals surface area contributed by atoms with E-state index < -0.39 is 0 Å². The SMILES string of the molecule is Cc1cc(-c2ccc(N)nc2C)ccc1F. The lowest BCUT2D eigenvalue weighted by atomic mass is 10.0. The van der Waals surface area contributed by atoms with Crippen LogP contribution in [-0.4, -0.2) is 4.98 Å². The Morgan fingerprint density at radius 1 is 1.12 bits per heavy atom. The number of aromatic nitrogens is 1. The van der Waals surface area contributed by atoms with E-state index in [1.54, 1.807) is 19.1 Å². The summed E-state index contributed by atoms with van der Waals surface area (Å²) in [7, 11) is 0. The quantitative estimate of drug-likeness (QED) is 0.795. The predicted octanol–water partition coefficient (Wildman–Crippen LogP) is 3.09. The normalized spacial score (nSPS) is 10.4. The van der Waals surface area contributed by atoms with E-state index in [0.717, 1.165) is 16.8 Å². The van der Waals surface area contributed by atoms with E-state index in [1.807, 2.05) is 19.1 Å². The van der Waals surface area contributed by atoms with Crippen LogP contribution in [0.4, 0.5) is 10.2 Å². The van der Waals surface area contributed by atoms with Gasteiger partial charge >= 0.3 is 0 Å². The summed E-state index contributed by atoms with van der Waals surface area (Å²) >= 11 is 0. The topological polar surface area (TPSA) is 38.9 Å². The number of pyridine rings is 1. The first-order chi connectivity index (χ1) is 7.58. The second kappa shape index (κ2) is 3.93. The number of anilines is 1. The van der Waals surface area contributed by atoms with Crippen LogP contribution < -0.4 is 5.73 Å². The van der Waals surface area contributed by atoms with Gasteiger partial charge in [0.05, 0.1) is 0 Å². The summed E-state index contributed by atoms with van der Waals surface area (Å²) in [6.07, 6.45) is 0. The molecule has 0 amide bonds. The Morgan fingerprint density at radius 2 is 1.88 bits per heavy atom. The molecule has 0 aliphatic carbocycles. The molecule has 2 nitrogen and oxygen atoms in total. The third-order valence-electron chi connectivity index (χ3n) is 2.58. The molecule has 0 saturated heterocycles. The fraction of sp³-hybridized carbons (Fsp3) is 0.154. The first-order valence-corrected chi connectivity index (χ1v) is 5.07. The van der Waals surface area contributed by atoms with Gasteiger partial charge in [-0.1, -0.05) is 6.07 Å².